The number of nitrogens with zero attached hydrogens (tertiary/aromatic N) is 1. The normalized spacial score (nSPS) is 12.6. The molecule has 0 saturated carbocycles. The molecule has 4 heteroatoms. The van der Waals surface area contributed by atoms with Crippen LogP contribution in [0, 0.1) is 6.92 Å². The van der Waals surface area contributed by atoms with Crippen LogP contribution in [-0.2, 0) is 12.8 Å². The molecule has 0 aliphatic heterocycles. The smallest absolute Gasteiger partial charge is 0.0940 e. The number of hydrazine groups is 1. The third-order valence-corrected chi connectivity index (χ3v) is 3.84. The molecule has 1 unspecified atom stereocenters. The van der Waals surface area contributed by atoms with E-state index in [1.54, 1.807) is 11.3 Å². The molecule has 18 heavy (non-hydrogen) atoms. The lowest BCUT2D eigenvalue weighted by molar-refractivity contribution is 0.490. The van der Waals surface area contributed by atoms with Crippen LogP contribution >= 0.6 is 11.3 Å². The largest absolute Gasteiger partial charge is 0.271 e. The number of aromatic nitrogens is 1. The molecule has 3 N–H and O–H groups in total. The number of benzene rings is 1. The minimum atomic E-state index is 0.289. The van der Waals surface area contributed by atoms with Gasteiger partial charge in [0.2, 0.25) is 0 Å². The third kappa shape index (κ3) is 3.91. The highest BCUT2D eigenvalue weighted by Crippen LogP contribution is 2.12. The van der Waals surface area contributed by atoms with Crippen molar-refractivity contribution in [1.29, 1.82) is 0 Å². The van der Waals surface area contributed by atoms with Gasteiger partial charge in [-0.15, -0.1) is 11.3 Å². The minimum absolute atomic E-state index is 0.289. The molecule has 0 aliphatic rings. The fraction of sp³-hybridized carbons (Fsp3) is 0.357. The van der Waals surface area contributed by atoms with Gasteiger partial charge in [0.1, 0.15) is 0 Å². The summed E-state index contributed by atoms with van der Waals surface area (Å²) in [4.78, 5) is 4.29. The fourth-order valence-electron chi connectivity index (χ4n) is 1.90. The van der Waals surface area contributed by atoms with Crippen molar-refractivity contribution in [2.24, 2.45) is 5.84 Å². The predicted octanol–water partition coefficient (Wildman–Crippen LogP) is 2.46. The molecule has 1 heterocycles. The van der Waals surface area contributed by atoms with E-state index in [4.69, 9.17) is 5.84 Å². The van der Waals surface area contributed by atoms with Crippen LogP contribution in [0.5, 0.6) is 0 Å². The summed E-state index contributed by atoms with van der Waals surface area (Å²) in [5.74, 6) is 5.60. The molecule has 1 aromatic heterocycles. The summed E-state index contributed by atoms with van der Waals surface area (Å²) in [5.41, 5.74) is 5.55. The zero-order valence-corrected chi connectivity index (χ0v) is 11.4. The molecule has 0 bridgehead atoms. The number of nitrogens with two attached hydrogens (primary N) is 1. The molecule has 96 valence electrons. The van der Waals surface area contributed by atoms with Crippen molar-refractivity contribution in [3.05, 3.63) is 52.0 Å². The Morgan fingerprint density at radius 2 is 2.11 bits per heavy atom. The number of aryl methyl sites for hydroxylation is 2. The number of rotatable bonds is 6. The lowest BCUT2D eigenvalue weighted by atomic mass is 10.0. The molecule has 2 aromatic rings. The van der Waals surface area contributed by atoms with Gasteiger partial charge in [0.15, 0.2) is 0 Å². The molecule has 0 aliphatic carbocycles. The number of hydrogen-bond acceptors (Lipinski definition) is 4. The molecule has 1 aromatic carbocycles. The van der Waals surface area contributed by atoms with Gasteiger partial charge in [0, 0.05) is 24.0 Å². The van der Waals surface area contributed by atoms with Crippen molar-refractivity contribution < 1.29 is 0 Å². The van der Waals surface area contributed by atoms with Gasteiger partial charge in [-0.2, -0.15) is 0 Å². The van der Waals surface area contributed by atoms with Crippen molar-refractivity contribution >= 4 is 11.3 Å². The van der Waals surface area contributed by atoms with E-state index in [1.165, 1.54) is 11.1 Å². The summed E-state index contributed by atoms with van der Waals surface area (Å²) in [6.45, 7) is 2.11. The minimum Gasteiger partial charge on any atom is -0.271 e. The Morgan fingerprint density at radius 3 is 2.72 bits per heavy atom. The van der Waals surface area contributed by atoms with E-state index in [1.807, 2.05) is 11.6 Å². The van der Waals surface area contributed by atoms with Crippen LogP contribution in [0.25, 0.3) is 0 Å². The lowest BCUT2D eigenvalue weighted by Crippen LogP contribution is -2.37. The van der Waals surface area contributed by atoms with E-state index in [0.717, 1.165) is 24.3 Å². The Balaban J connectivity index is 1.85. The van der Waals surface area contributed by atoms with Crippen molar-refractivity contribution in [3.63, 3.8) is 0 Å². The van der Waals surface area contributed by atoms with Gasteiger partial charge in [0.05, 0.1) is 5.01 Å². The van der Waals surface area contributed by atoms with E-state index in [2.05, 4.69) is 41.6 Å². The number of nitrogens with one attached hydrogen (secondary N) is 1. The fourth-order valence-corrected chi connectivity index (χ4v) is 2.60. The molecule has 0 saturated heterocycles. The molecule has 0 radical (unpaired) electrons. The highest BCUT2D eigenvalue weighted by Gasteiger charge is 2.09. The summed E-state index contributed by atoms with van der Waals surface area (Å²) in [6, 6.07) is 8.97. The van der Waals surface area contributed by atoms with E-state index in [9.17, 15) is 0 Å². The number of thiazole rings is 1. The van der Waals surface area contributed by atoms with E-state index < -0.39 is 0 Å². The summed E-state index contributed by atoms with van der Waals surface area (Å²) >= 11 is 1.68. The molecular formula is C14H19N3S. The summed E-state index contributed by atoms with van der Waals surface area (Å²) in [5, 5.41) is 3.14. The standard InChI is InChI=1S/C14H19N3S/c1-11-2-4-12(5-3-11)6-7-13(17-15)10-14-16-8-9-18-14/h2-5,8-9,13,17H,6-7,10,15H2,1H3. The van der Waals surface area contributed by atoms with Crippen LogP contribution in [0.1, 0.15) is 22.6 Å². The van der Waals surface area contributed by atoms with Crippen LogP contribution in [0.2, 0.25) is 0 Å². The van der Waals surface area contributed by atoms with E-state index in [-0.39, 0.29) is 6.04 Å². The summed E-state index contributed by atoms with van der Waals surface area (Å²) in [6.07, 6.45) is 4.81. The van der Waals surface area contributed by atoms with Gasteiger partial charge in [-0.05, 0) is 25.3 Å². The van der Waals surface area contributed by atoms with Gasteiger partial charge in [-0.3, -0.25) is 11.3 Å². The second-order valence-electron chi connectivity index (χ2n) is 4.52. The average molecular weight is 261 g/mol. The Labute approximate surface area is 112 Å². The van der Waals surface area contributed by atoms with Gasteiger partial charge in [-0.1, -0.05) is 29.8 Å². The second-order valence-corrected chi connectivity index (χ2v) is 5.50. The molecule has 2 rings (SSSR count). The summed E-state index contributed by atoms with van der Waals surface area (Å²) < 4.78 is 0. The highest BCUT2D eigenvalue weighted by molar-refractivity contribution is 7.09. The van der Waals surface area contributed by atoms with E-state index >= 15 is 0 Å². The highest BCUT2D eigenvalue weighted by atomic mass is 32.1. The van der Waals surface area contributed by atoms with Crippen molar-refractivity contribution in [2.45, 2.75) is 32.2 Å². The first-order chi connectivity index (χ1) is 8.78. The van der Waals surface area contributed by atoms with Crippen LogP contribution < -0.4 is 11.3 Å². The molecular weight excluding hydrogens is 242 g/mol. The van der Waals surface area contributed by atoms with Crippen molar-refractivity contribution in [3.8, 4) is 0 Å². The van der Waals surface area contributed by atoms with Gasteiger partial charge < -0.3 is 0 Å². The van der Waals surface area contributed by atoms with Crippen LogP contribution in [0.15, 0.2) is 35.8 Å². The Kier molecular flexibility index (Phi) is 4.87. The monoisotopic (exact) mass is 261 g/mol. The zero-order chi connectivity index (χ0) is 12.8. The SMILES string of the molecule is Cc1ccc(CCC(Cc2nccs2)NN)cc1. The van der Waals surface area contributed by atoms with Crippen molar-refractivity contribution in [1.82, 2.24) is 10.4 Å². The van der Waals surface area contributed by atoms with E-state index in [0.29, 0.717) is 0 Å². The van der Waals surface area contributed by atoms with Crippen LogP contribution in [-0.4, -0.2) is 11.0 Å². The predicted molar refractivity (Wildman–Crippen MR) is 76.4 cm³/mol. The first-order valence-corrected chi connectivity index (χ1v) is 7.06. The zero-order valence-electron chi connectivity index (χ0n) is 10.6. The molecule has 3 nitrogen and oxygen atoms in total. The Bertz CT molecular complexity index is 450. The van der Waals surface area contributed by atoms with Crippen LogP contribution in [0.3, 0.4) is 0 Å². The van der Waals surface area contributed by atoms with Gasteiger partial charge in [-0.25, -0.2) is 4.98 Å². The van der Waals surface area contributed by atoms with Gasteiger partial charge >= 0.3 is 0 Å². The first kappa shape index (κ1) is 13.2. The Morgan fingerprint density at radius 1 is 1.33 bits per heavy atom. The Hall–Kier alpha value is -1.23. The first-order valence-electron chi connectivity index (χ1n) is 6.18. The van der Waals surface area contributed by atoms with Crippen molar-refractivity contribution in [2.75, 3.05) is 0 Å². The average Bonchev–Trinajstić information content (AvgIpc) is 2.89. The number of hydrogen-bond donors (Lipinski definition) is 2. The van der Waals surface area contributed by atoms with Crippen LogP contribution in [0.4, 0.5) is 0 Å². The quantitative estimate of drug-likeness (QED) is 0.620. The lowest BCUT2D eigenvalue weighted by Gasteiger charge is -2.14. The second kappa shape index (κ2) is 6.64. The maximum absolute atomic E-state index is 5.60. The third-order valence-electron chi connectivity index (χ3n) is 3.04. The maximum atomic E-state index is 5.60. The molecule has 1 atom stereocenters. The molecule has 0 spiro atoms. The molecule has 0 amide bonds. The molecule has 0 fully saturated rings. The summed E-state index contributed by atoms with van der Waals surface area (Å²) in [7, 11) is 0. The maximum Gasteiger partial charge on any atom is 0.0940 e. The topological polar surface area (TPSA) is 50.9 Å². The van der Waals surface area contributed by atoms with Gasteiger partial charge in [0.25, 0.3) is 0 Å².